The summed E-state index contributed by atoms with van der Waals surface area (Å²) in [5.74, 6) is 0.721. The monoisotopic (exact) mass is 226 g/mol. The molecule has 0 amide bonds. The minimum atomic E-state index is -0.160. The molecule has 0 saturated carbocycles. The lowest BCUT2D eigenvalue weighted by Crippen LogP contribution is -2.23. The number of aromatic nitrogens is 3. The number of nitrogens with zero attached hydrogens (tertiary/aromatic N) is 4. The smallest absolute Gasteiger partial charge is 0.307 e. The van der Waals surface area contributed by atoms with Gasteiger partial charge in [-0.25, -0.2) is 4.98 Å². The van der Waals surface area contributed by atoms with Gasteiger partial charge in [-0.1, -0.05) is 0 Å². The van der Waals surface area contributed by atoms with Crippen molar-refractivity contribution in [1.29, 1.82) is 0 Å². The zero-order valence-corrected chi connectivity index (χ0v) is 10.0. The van der Waals surface area contributed by atoms with E-state index >= 15 is 0 Å². The predicted octanol–water partition coefficient (Wildman–Crippen LogP) is 0.200. The lowest BCUT2D eigenvalue weighted by molar-refractivity contribution is -0.143. The molecule has 1 heterocycles. The molecule has 16 heavy (non-hydrogen) atoms. The van der Waals surface area contributed by atoms with Gasteiger partial charge in [-0.15, -0.1) is 0 Å². The average Bonchev–Trinajstić information content (AvgIpc) is 2.62. The van der Waals surface area contributed by atoms with Crippen molar-refractivity contribution in [3.8, 4) is 0 Å². The van der Waals surface area contributed by atoms with Crippen molar-refractivity contribution in [1.82, 2.24) is 19.7 Å². The summed E-state index contributed by atoms with van der Waals surface area (Å²) in [4.78, 5) is 17.3. The van der Waals surface area contributed by atoms with Crippen molar-refractivity contribution < 1.29 is 9.53 Å². The standard InChI is InChI=1S/C10H18N4O2/c1-4-16-10(15)5-6-13(2)7-9-11-8-12-14(9)3/h8H,4-7H2,1-3H3. The van der Waals surface area contributed by atoms with E-state index in [1.165, 1.54) is 6.33 Å². The molecule has 0 aliphatic carbocycles. The van der Waals surface area contributed by atoms with Crippen LogP contribution in [0.3, 0.4) is 0 Å². The summed E-state index contributed by atoms with van der Waals surface area (Å²) in [6, 6.07) is 0. The summed E-state index contributed by atoms with van der Waals surface area (Å²) in [5, 5.41) is 3.98. The van der Waals surface area contributed by atoms with E-state index in [9.17, 15) is 4.79 Å². The molecule has 0 atom stereocenters. The van der Waals surface area contributed by atoms with Crippen LogP contribution in [0.4, 0.5) is 0 Å². The first-order chi connectivity index (χ1) is 7.63. The summed E-state index contributed by atoms with van der Waals surface area (Å²) < 4.78 is 6.58. The van der Waals surface area contributed by atoms with Crippen LogP contribution in [0.25, 0.3) is 0 Å². The number of hydrogen-bond donors (Lipinski definition) is 0. The van der Waals surface area contributed by atoms with E-state index < -0.39 is 0 Å². The zero-order valence-electron chi connectivity index (χ0n) is 10.0. The van der Waals surface area contributed by atoms with E-state index in [1.807, 2.05) is 19.0 Å². The number of aryl methyl sites for hydroxylation is 1. The van der Waals surface area contributed by atoms with Gasteiger partial charge >= 0.3 is 5.97 Å². The summed E-state index contributed by atoms with van der Waals surface area (Å²) in [6.07, 6.45) is 1.93. The van der Waals surface area contributed by atoms with Crippen LogP contribution in [-0.2, 0) is 23.1 Å². The minimum absolute atomic E-state index is 0.160. The fourth-order valence-corrected chi connectivity index (χ4v) is 1.30. The third kappa shape index (κ3) is 3.98. The zero-order chi connectivity index (χ0) is 12.0. The normalized spacial score (nSPS) is 10.8. The van der Waals surface area contributed by atoms with E-state index in [2.05, 4.69) is 10.1 Å². The van der Waals surface area contributed by atoms with E-state index in [-0.39, 0.29) is 5.97 Å². The molecule has 0 radical (unpaired) electrons. The molecule has 0 bridgehead atoms. The first kappa shape index (κ1) is 12.6. The number of hydrogen-bond acceptors (Lipinski definition) is 5. The average molecular weight is 226 g/mol. The molecule has 1 aromatic rings. The van der Waals surface area contributed by atoms with Crippen molar-refractivity contribution in [2.45, 2.75) is 19.9 Å². The Morgan fingerprint density at radius 2 is 2.38 bits per heavy atom. The maximum atomic E-state index is 11.1. The van der Waals surface area contributed by atoms with Crippen molar-refractivity contribution in [2.75, 3.05) is 20.2 Å². The first-order valence-corrected chi connectivity index (χ1v) is 5.30. The lowest BCUT2D eigenvalue weighted by Gasteiger charge is -2.14. The summed E-state index contributed by atoms with van der Waals surface area (Å²) in [6.45, 7) is 3.58. The van der Waals surface area contributed by atoms with E-state index in [1.54, 1.807) is 11.6 Å². The quantitative estimate of drug-likeness (QED) is 0.648. The Morgan fingerprint density at radius 1 is 1.62 bits per heavy atom. The van der Waals surface area contributed by atoms with Crippen molar-refractivity contribution in [3.63, 3.8) is 0 Å². The molecule has 0 fully saturated rings. The summed E-state index contributed by atoms with van der Waals surface area (Å²) in [5.41, 5.74) is 0. The molecule has 1 aromatic heterocycles. The highest BCUT2D eigenvalue weighted by Gasteiger charge is 2.08. The van der Waals surface area contributed by atoms with Gasteiger partial charge in [0.15, 0.2) is 0 Å². The van der Waals surface area contributed by atoms with Crippen LogP contribution in [0.1, 0.15) is 19.2 Å². The van der Waals surface area contributed by atoms with E-state index in [0.29, 0.717) is 26.1 Å². The lowest BCUT2D eigenvalue weighted by atomic mass is 10.4. The highest BCUT2D eigenvalue weighted by Crippen LogP contribution is 1.98. The number of ether oxygens (including phenoxy) is 1. The van der Waals surface area contributed by atoms with Crippen LogP contribution in [0, 0.1) is 0 Å². The van der Waals surface area contributed by atoms with E-state index in [4.69, 9.17) is 4.74 Å². The largest absolute Gasteiger partial charge is 0.466 e. The van der Waals surface area contributed by atoms with Crippen LogP contribution < -0.4 is 0 Å². The Labute approximate surface area is 95.2 Å². The Bertz CT molecular complexity index is 337. The summed E-state index contributed by atoms with van der Waals surface area (Å²) in [7, 11) is 3.79. The first-order valence-electron chi connectivity index (χ1n) is 5.30. The fourth-order valence-electron chi connectivity index (χ4n) is 1.30. The Balaban J connectivity index is 2.28. The van der Waals surface area contributed by atoms with Crippen LogP contribution in [0.2, 0.25) is 0 Å². The molecule has 6 heteroatoms. The molecular weight excluding hydrogens is 208 g/mol. The van der Waals surface area contributed by atoms with Gasteiger partial charge in [0.1, 0.15) is 12.2 Å². The van der Waals surface area contributed by atoms with E-state index in [0.717, 1.165) is 5.82 Å². The van der Waals surface area contributed by atoms with Gasteiger partial charge in [0.25, 0.3) is 0 Å². The van der Waals surface area contributed by atoms with Gasteiger partial charge in [0.05, 0.1) is 19.6 Å². The Morgan fingerprint density at radius 3 is 2.94 bits per heavy atom. The molecule has 0 aliphatic rings. The topological polar surface area (TPSA) is 60.2 Å². The van der Waals surface area contributed by atoms with Crippen molar-refractivity contribution in [2.24, 2.45) is 7.05 Å². The Hall–Kier alpha value is -1.43. The molecule has 0 saturated heterocycles. The molecule has 1 rings (SSSR count). The second kappa shape index (κ2) is 6.22. The van der Waals surface area contributed by atoms with Gasteiger partial charge in [0, 0.05) is 13.6 Å². The van der Waals surface area contributed by atoms with Crippen LogP contribution in [0.5, 0.6) is 0 Å². The number of carbonyl (C=O) groups excluding carboxylic acids is 1. The third-order valence-corrected chi connectivity index (χ3v) is 2.22. The SMILES string of the molecule is CCOC(=O)CCN(C)Cc1ncnn1C. The molecular formula is C10H18N4O2. The van der Waals surface area contributed by atoms with Crippen molar-refractivity contribution in [3.05, 3.63) is 12.2 Å². The highest BCUT2D eigenvalue weighted by molar-refractivity contribution is 5.69. The molecule has 6 nitrogen and oxygen atoms in total. The Kier molecular flexibility index (Phi) is 4.91. The third-order valence-electron chi connectivity index (χ3n) is 2.22. The molecule has 0 N–H and O–H groups in total. The second-order valence-corrected chi connectivity index (χ2v) is 3.59. The molecule has 0 aliphatic heterocycles. The molecule has 0 spiro atoms. The second-order valence-electron chi connectivity index (χ2n) is 3.59. The number of rotatable bonds is 6. The predicted molar refractivity (Wildman–Crippen MR) is 58.6 cm³/mol. The van der Waals surface area contributed by atoms with Gasteiger partial charge in [-0.05, 0) is 14.0 Å². The molecule has 0 unspecified atom stereocenters. The number of carbonyl (C=O) groups is 1. The van der Waals surface area contributed by atoms with Crippen LogP contribution in [-0.4, -0.2) is 45.8 Å². The van der Waals surface area contributed by atoms with Crippen LogP contribution in [0.15, 0.2) is 6.33 Å². The maximum Gasteiger partial charge on any atom is 0.307 e. The molecule has 0 aromatic carbocycles. The van der Waals surface area contributed by atoms with Crippen LogP contribution >= 0.6 is 0 Å². The number of esters is 1. The maximum absolute atomic E-state index is 11.1. The van der Waals surface area contributed by atoms with Gasteiger partial charge in [0.2, 0.25) is 0 Å². The summed E-state index contributed by atoms with van der Waals surface area (Å²) >= 11 is 0. The van der Waals surface area contributed by atoms with Gasteiger partial charge < -0.3 is 4.74 Å². The van der Waals surface area contributed by atoms with Gasteiger partial charge in [-0.3, -0.25) is 14.4 Å². The fraction of sp³-hybridized carbons (Fsp3) is 0.700. The van der Waals surface area contributed by atoms with Crippen molar-refractivity contribution >= 4 is 5.97 Å². The highest BCUT2D eigenvalue weighted by atomic mass is 16.5. The van der Waals surface area contributed by atoms with Gasteiger partial charge in [-0.2, -0.15) is 5.10 Å². The minimum Gasteiger partial charge on any atom is -0.466 e. The molecule has 90 valence electrons.